The molecule has 1 aromatic heterocycles. The van der Waals surface area contributed by atoms with Gasteiger partial charge in [0.1, 0.15) is 11.5 Å². The number of para-hydroxylation sites is 1. The van der Waals surface area contributed by atoms with Crippen LogP contribution in [-0.2, 0) is 6.54 Å². The molecule has 120 valence electrons. The minimum absolute atomic E-state index is 0.0771. The van der Waals surface area contributed by atoms with E-state index in [2.05, 4.69) is 33.1 Å². The zero-order valence-corrected chi connectivity index (χ0v) is 13.7. The highest BCUT2D eigenvalue weighted by Gasteiger charge is 2.19. The largest absolute Gasteiger partial charge is 0.371 e. The van der Waals surface area contributed by atoms with Crippen molar-refractivity contribution in [2.75, 3.05) is 25.0 Å². The molecular formula is C18H22N4O. The number of benzene rings is 1. The Hall–Kier alpha value is -2.43. The minimum Gasteiger partial charge on any atom is -0.371 e. The number of hydrogen-bond acceptors (Lipinski definition) is 4. The molecule has 1 aliphatic rings. The first-order chi connectivity index (χ1) is 11.1. The third-order valence-corrected chi connectivity index (χ3v) is 4.19. The molecule has 5 heteroatoms. The van der Waals surface area contributed by atoms with Crippen LogP contribution in [-0.4, -0.2) is 40.9 Å². The van der Waals surface area contributed by atoms with Crippen LogP contribution in [0.5, 0.6) is 0 Å². The van der Waals surface area contributed by atoms with Crippen molar-refractivity contribution in [3.63, 3.8) is 0 Å². The SMILES string of the molecule is Cc1nccc(C(=O)N(C)Cc2ccccc2N2CCCC2)n1. The molecule has 0 spiro atoms. The van der Waals surface area contributed by atoms with Gasteiger partial charge in [0.25, 0.3) is 5.91 Å². The lowest BCUT2D eigenvalue weighted by molar-refractivity contribution is 0.0779. The van der Waals surface area contributed by atoms with Crippen molar-refractivity contribution in [3.05, 3.63) is 53.6 Å². The number of anilines is 1. The lowest BCUT2D eigenvalue weighted by Gasteiger charge is -2.24. The monoisotopic (exact) mass is 310 g/mol. The highest BCUT2D eigenvalue weighted by Crippen LogP contribution is 2.25. The Morgan fingerprint density at radius 3 is 2.70 bits per heavy atom. The van der Waals surface area contributed by atoms with E-state index in [1.807, 2.05) is 13.1 Å². The van der Waals surface area contributed by atoms with Gasteiger partial charge < -0.3 is 9.80 Å². The second kappa shape index (κ2) is 6.77. The van der Waals surface area contributed by atoms with Crippen molar-refractivity contribution in [2.24, 2.45) is 0 Å². The summed E-state index contributed by atoms with van der Waals surface area (Å²) in [6.07, 6.45) is 4.11. The zero-order chi connectivity index (χ0) is 16.2. The zero-order valence-electron chi connectivity index (χ0n) is 13.7. The number of rotatable bonds is 4. The number of carbonyl (C=O) groups excluding carboxylic acids is 1. The van der Waals surface area contributed by atoms with Crippen molar-refractivity contribution in [1.29, 1.82) is 0 Å². The fraction of sp³-hybridized carbons (Fsp3) is 0.389. The summed E-state index contributed by atoms with van der Waals surface area (Å²) in [7, 11) is 1.82. The molecule has 0 bridgehead atoms. The number of aromatic nitrogens is 2. The van der Waals surface area contributed by atoms with Crippen molar-refractivity contribution >= 4 is 11.6 Å². The predicted molar refractivity (Wildman–Crippen MR) is 90.5 cm³/mol. The first kappa shape index (κ1) is 15.5. The van der Waals surface area contributed by atoms with E-state index in [9.17, 15) is 4.79 Å². The van der Waals surface area contributed by atoms with E-state index < -0.39 is 0 Å². The van der Waals surface area contributed by atoms with Gasteiger partial charge in [-0.2, -0.15) is 0 Å². The Morgan fingerprint density at radius 1 is 1.22 bits per heavy atom. The van der Waals surface area contributed by atoms with Crippen LogP contribution in [0, 0.1) is 6.92 Å². The molecule has 0 N–H and O–H groups in total. The van der Waals surface area contributed by atoms with Gasteiger partial charge in [-0.1, -0.05) is 18.2 Å². The van der Waals surface area contributed by atoms with Gasteiger partial charge in [-0.15, -0.1) is 0 Å². The van der Waals surface area contributed by atoms with Gasteiger partial charge in [-0.3, -0.25) is 4.79 Å². The molecule has 1 aliphatic heterocycles. The van der Waals surface area contributed by atoms with Gasteiger partial charge in [-0.05, 0) is 37.5 Å². The van der Waals surface area contributed by atoms with E-state index in [1.54, 1.807) is 24.1 Å². The molecule has 0 radical (unpaired) electrons. The molecular weight excluding hydrogens is 288 g/mol. The summed E-state index contributed by atoms with van der Waals surface area (Å²) < 4.78 is 0. The van der Waals surface area contributed by atoms with Crippen molar-refractivity contribution in [2.45, 2.75) is 26.3 Å². The molecule has 0 atom stereocenters. The van der Waals surface area contributed by atoms with E-state index >= 15 is 0 Å². The average molecular weight is 310 g/mol. The maximum Gasteiger partial charge on any atom is 0.272 e. The summed E-state index contributed by atoms with van der Waals surface area (Å²) in [6.45, 7) is 4.56. The number of amides is 1. The van der Waals surface area contributed by atoms with Crippen LogP contribution in [0.25, 0.3) is 0 Å². The smallest absolute Gasteiger partial charge is 0.272 e. The molecule has 0 aliphatic carbocycles. The fourth-order valence-electron chi connectivity index (χ4n) is 3.01. The highest BCUT2D eigenvalue weighted by molar-refractivity contribution is 5.92. The molecule has 1 saturated heterocycles. The first-order valence-corrected chi connectivity index (χ1v) is 8.03. The van der Waals surface area contributed by atoms with Crippen LogP contribution < -0.4 is 4.90 Å². The van der Waals surface area contributed by atoms with Crippen molar-refractivity contribution in [1.82, 2.24) is 14.9 Å². The Balaban J connectivity index is 1.77. The summed E-state index contributed by atoms with van der Waals surface area (Å²) >= 11 is 0. The van der Waals surface area contributed by atoms with Gasteiger partial charge >= 0.3 is 0 Å². The Bertz CT molecular complexity index is 695. The van der Waals surface area contributed by atoms with Gasteiger partial charge in [-0.25, -0.2) is 9.97 Å². The number of carbonyl (C=O) groups is 1. The average Bonchev–Trinajstić information content (AvgIpc) is 3.09. The summed E-state index contributed by atoms with van der Waals surface area (Å²) in [5.74, 6) is 0.536. The Kier molecular flexibility index (Phi) is 4.55. The molecule has 1 aromatic carbocycles. The van der Waals surface area contributed by atoms with Gasteiger partial charge in [0.05, 0.1) is 0 Å². The lowest BCUT2D eigenvalue weighted by atomic mass is 10.1. The fourth-order valence-corrected chi connectivity index (χ4v) is 3.01. The second-order valence-corrected chi connectivity index (χ2v) is 5.97. The molecule has 0 saturated carbocycles. The molecule has 2 aromatic rings. The molecule has 23 heavy (non-hydrogen) atoms. The lowest BCUT2D eigenvalue weighted by Crippen LogP contribution is -2.28. The van der Waals surface area contributed by atoms with Crippen LogP contribution in [0.3, 0.4) is 0 Å². The Labute approximate surface area is 137 Å². The van der Waals surface area contributed by atoms with Crippen LogP contribution >= 0.6 is 0 Å². The number of nitrogens with zero attached hydrogens (tertiary/aromatic N) is 4. The quantitative estimate of drug-likeness (QED) is 0.871. The van der Waals surface area contributed by atoms with Gasteiger partial charge in [0.2, 0.25) is 0 Å². The van der Waals surface area contributed by atoms with Gasteiger partial charge in [0, 0.05) is 38.6 Å². The molecule has 1 amide bonds. The number of hydrogen-bond donors (Lipinski definition) is 0. The van der Waals surface area contributed by atoms with Crippen LogP contribution in [0.2, 0.25) is 0 Å². The summed E-state index contributed by atoms with van der Waals surface area (Å²) in [4.78, 5) is 24.9. The first-order valence-electron chi connectivity index (χ1n) is 8.03. The predicted octanol–water partition coefficient (Wildman–Crippen LogP) is 2.66. The number of aryl methyl sites for hydroxylation is 1. The van der Waals surface area contributed by atoms with Crippen molar-refractivity contribution in [3.8, 4) is 0 Å². The van der Waals surface area contributed by atoms with Crippen molar-refractivity contribution < 1.29 is 4.79 Å². The maximum atomic E-state index is 12.6. The molecule has 3 rings (SSSR count). The summed E-state index contributed by atoms with van der Waals surface area (Å²) in [6, 6.07) is 10.0. The molecule has 0 unspecified atom stereocenters. The second-order valence-electron chi connectivity index (χ2n) is 5.97. The molecule has 5 nitrogen and oxygen atoms in total. The van der Waals surface area contributed by atoms with E-state index in [0.29, 0.717) is 18.1 Å². The van der Waals surface area contributed by atoms with Crippen LogP contribution in [0.1, 0.15) is 34.7 Å². The van der Waals surface area contributed by atoms with Crippen LogP contribution in [0.4, 0.5) is 5.69 Å². The topological polar surface area (TPSA) is 49.3 Å². The third-order valence-electron chi connectivity index (χ3n) is 4.19. The van der Waals surface area contributed by atoms with E-state index in [0.717, 1.165) is 13.1 Å². The third kappa shape index (κ3) is 3.50. The minimum atomic E-state index is -0.0771. The molecule has 2 heterocycles. The van der Waals surface area contributed by atoms with E-state index in [-0.39, 0.29) is 5.91 Å². The highest BCUT2D eigenvalue weighted by atomic mass is 16.2. The normalized spacial score (nSPS) is 14.1. The summed E-state index contributed by atoms with van der Waals surface area (Å²) in [5, 5.41) is 0. The standard InChI is InChI=1S/C18H22N4O/c1-14-19-10-9-16(20-14)18(23)21(2)13-15-7-3-4-8-17(15)22-11-5-6-12-22/h3-4,7-10H,5-6,11-13H2,1-2H3. The van der Waals surface area contributed by atoms with E-state index in [4.69, 9.17) is 0 Å². The van der Waals surface area contributed by atoms with Crippen LogP contribution in [0.15, 0.2) is 36.5 Å². The maximum absolute atomic E-state index is 12.6. The summed E-state index contributed by atoms with van der Waals surface area (Å²) in [5.41, 5.74) is 2.86. The van der Waals surface area contributed by atoms with Gasteiger partial charge in [0.15, 0.2) is 0 Å². The molecule has 1 fully saturated rings. The van der Waals surface area contributed by atoms with E-state index in [1.165, 1.54) is 24.1 Å². The Morgan fingerprint density at radius 2 is 1.96 bits per heavy atom.